The molecule has 0 radical (unpaired) electrons. The molecule has 0 spiro atoms. The molecule has 284 valence electrons. The number of nitrogens with zero attached hydrogens (tertiary/aromatic N) is 2. The van der Waals surface area contributed by atoms with E-state index >= 15 is 0 Å². The maximum atomic E-state index is 12.5. The first-order valence-electron chi connectivity index (χ1n) is 16.2. The number of hydrogen-bond donors (Lipinski definition) is 0. The van der Waals surface area contributed by atoms with Gasteiger partial charge in [-0.05, 0) is 51.1 Å². The summed E-state index contributed by atoms with van der Waals surface area (Å²) in [6.45, 7) is 9.03. The van der Waals surface area contributed by atoms with Gasteiger partial charge in [0.15, 0.2) is 0 Å². The monoisotopic (exact) mass is 943 g/mol. The van der Waals surface area contributed by atoms with Gasteiger partial charge < -0.3 is 44.3 Å². The van der Waals surface area contributed by atoms with Crippen LogP contribution >= 0.6 is 15.8 Å². The van der Waals surface area contributed by atoms with E-state index in [0.717, 1.165) is 12.8 Å². The van der Waals surface area contributed by atoms with E-state index in [2.05, 4.69) is 88.4 Å². The van der Waals surface area contributed by atoms with Crippen LogP contribution in [0.1, 0.15) is 40.5 Å². The Morgan fingerprint density at radius 2 is 0.804 bits per heavy atom. The largest absolute Gasteiger partial charge is 2.00 e. The predicted molar refractivity (Wildman–Crippen MR) is 192 cm³/mol. The first kappa shape index (κ1) is 45.1. The Morgan fingerprint density at radius 1 is 0.549 bits per heavy atom. The van der Waals surface area contributed by atoms with Crippen molar-refractivity contribution in [3.8, 4) is 0 Å². The normalized spacial score (nSPS) is 27.3. The van der Waals surface area contributed by atoms with Crippen LogP contribution in [0.2, 0.25) is 0 Å². The van der Waals surface area contributed by atoms with Crippen molar-refractivity contribution in [3.63, 3.8) is 0 Å². The fraction of sp³-hybridized carbons (Fsp3) is 0.471. The van der Waals surface area contributed by atoms with Crippen LogP contribution in [-0.4, -0.2) is 86.9 Å². The number of rotatable bonds is 4. The third-order valence-corrected chi connectivity index (χ3v) is 16.8. The molecule has 2 amide bonds. The van der Waals surface area contributed by atoms with Crippen molar-refractivity contribution in [2.45, 2.75) is 63.2 Å². The van der Waals surface area contributed by atoms with Gasteiger partial charge in [0.05, 0.1) is 0 Å². The second-order valence-corrected chi connectivity index (χ2v) is 18.3. The van der Waals surface area contributed by atoms with Gasteiger partial charge in [0.1, 0.15) is 0 Å². The maximum Gasteiger partial charge on any atom is 2.00 e. The number of amides is 2. The molecule has 2 aromatic carbocycles. The van der Waals surface area contributed by atoms with Crippen molar-refractivity contribution < 1.29 is 65.2 Å². The minimum atomic E-state index is -6.00. The van der Waals surface area contributed by atoms with Crippen LogP contribution in [-0.2, 0) is 30.7 Å². The van der Waals surface area contributed by atoms with Crippen LogP contribution < -0.4 is 10.6 Å². The van der Waals surface area contributed by atoms with Crippen LogP contribution in [0.5, 0.6) is 0 Å². The van der Waals surface area contributed by atoms with E-state index in [9.17, 15) is 44.1 Å². The average molecular weight is 943 g/mol. The Hall–Kier alpha value is -2.02. The van der Waals surface area contributed by atoms with Crippen LogP contribution in [0.15, 0.2) is 83.0 Å². The molecule has 4 aliphatic rings. The zero-order valence-corrected chi connectivity index (χ0v) is 33.8. The molecule has 0 saturated carbocycles. The molecule has 0 unspecified atom stereocenters. The van der Waals surface area contributed by atoms with Gasteiger partial charge in [-0.15, -0.1) is 0 Å². The van der Waals surface area contributed by atoms with Crippen molar-refractivity contribution in [1.82, 2.24) is 9.80 Å². The van der Waals surface area contributed by atoms with Gasteiger partial charge >= 0.3 is 35.6 Å². The van der Waals surface area contributed by atoms with E-state index in [1.807, 2.05) is 28.2 Å². The summed E-state index contributed by atoms with van der Waals surface area (Å²) in [7, 11) is -4.98. The number of fused-ring (bicyclic) bond motifs is 4. The molecule has 2 fully saturated rings. The quantitative estimate of drug-likeness (QED) is 0.134. The minimum absolute atomic E-state index is 0. The second-order valence-electron chi connectivity index (χ2n) is 13.3. The topological polar surface area (TPSA) is 40.6 Å². The summed E-state index contributed by atoms with van der Waals surface area (Å²) >= 11 is 0. The number of carbonyl (C=O) groups excluding carboxylic acids is 2. The van der Waals surface area contributed by atoms with Crippen LogP contribution in [0.4, 0.5) is 34.5 Å². The van der Waals surface area contributed by atoms with Crippen molar-refractivity contribution in [1.29, 1.82) is 0 Å². The molecule has 4 bridgehead atoms. The third-order valence-electron chi connectivity index (χ3n) is 9.74. The number of allylic oxidation sites excluding steroid dienone is 4. The van der Waals surface area contributed by atoms with E-state index in [1.54, 1.807) is 20.9 Å². The smallest absolute Gasteiger partial charge is 0.418 e. The fourth-order valence-corrected chi connectivity index (χ4v) is 15.4. The summed E-state index contributed by atoms with van der Waals surface area (Å²) in [5, 5.41) is 2.92. The summed E-state index contributed by atoms with van der Waals surface area (Å²) in [4.78, 5) is 28.5. The Balaban J connectivity index is 0.000000276. The van der Waals surface area contributed by atoms with Crippen LogP contribution in [0.3, 0.4) is 0 Å². The average Bonchev–Trinajstić information content (AvgIpc) is 3.73. The van der Waals surface area contributed by atoms with E-state index in [4.69, 9.17) is 0 Å². The van der Waals surface area contributed by atoms with E-state index < -0.39 is 14.5 Å². The van der Waals surface area contributed by atoms with Gasteiger partial charge in [-0.3, -0.25) is 9.59 Å². The van der Waals surface area contributed by atoms with Crippen molar-refractivity contribution >= 4 is 52.8 Å². The maximum absolute atomic E-state index is 12.5. The van der Waals surface area contributed by atoms with Crippen molar-refractivity contribution in [2.75, 3.05) is 28.2 Å². The summed E-state index contributed by atoms with van der Waals surface area (Å²) in [5.41, 5.74) is 8.23. The fourth-order valence-electron chi connectivity index (χ4n) is 7.54. The molecule has 8 atom stereocenters. The molecule has 0 aromatic heterocycles. The molecule has 4 aliphatic heterocycles. The van der Waals surface area contributed by atoms with Crippen molar-refractivity contribution in [2.24, 2.45) is 11.8 Å². The van der Waals surface area contributed by atoms with Crippen LogP contribution in [0, 0.1) is 11.8 Å². The number of carbonyl (C=O) groups is 2. The summed E-state index contributed by atoms with van der Waals surface area (Å²) in [5.74, 6) is 1.02. The van der Waals surface area contributed by atoms with Gasteiger partial charge in [-0.2, -0.15) is 0 Å². The van der Waals surface area contributed by atoms with Gasteiger partial charge in [-0.1, -0.05) is 98.8 Å². The van der Waals surface area contributed by atoms with Gasteiger partial charge in [0.2, 0.25) is 11.8 Å². The molecule has 0 aliphatic carbocycles. The Bertz CT molecular complexity index is 1440. The molecule has 17 heteroatoms. The number of halogens is 8. The van der Waals surface area contributed by atoms with E-state index in [-0.39, 0.29) is 48.7 Å². The van der Waals surface area contributed by atoms with E-state index in [0.29, 0.717) is 34.5 Å². The molecule has 51 heavy (non-hydrogen) atoms. The molecular weight excluding hydrogens is 899 g/mol. The molecule has 4 heterocycles. The van der Waals surface area contributed by atoms with Crippen LogP contribution in [0.25, 0.3) is 0 Å². The van der Waals surface area contributed by atoms with Gasteiger partial charge in [-0.25, -0.2) is 0 Å². The van der Waals surface area contributed by atoms with Crippen molar-refractivity contribution in [3.05, 3.63) is 83.0 Å². The second kappa shape index (κ2) is 18.3. The molecule has 0 N–H and O–H groups in total. The molecule has 4 nitrogen and oxygen atoms in total. The predicted octanol–water partition coefficient (Wildman–Crippen LogP) is 8.58. The minimum Gasteiger partial charge on any atom is -0.418 e. The SMILES string of the molecule is CC1=C(C)[C@@H]2[C@@H](C(=O)N(C)C)C[C@H]1[P@@]2c1ccccc1.CC1=C(C)[C@@H]2[C@@H](C(=O)N(C)C)C[C@H]1[P@@]2c1ccccc1.F[B-](F)(F)F.F[B-](F)(F)F.[Pt+2]. The number of benzene rings is 2. The number of hydrogen-bond acceptors (Lipinski definition) is 2. The molecule has 2 saturated heterocycles. The zero-order chi connectivity index (χ0) is 37.9. The van der Waals surface area contributed by atoms with Gasteiger partial charge in [0, 0.05) is 62.7 Å². The Labute approximate surface area is 312 Å². The Morgan fingerprint density at radius 3 is 1.04 bits per heavy atom. The van der Waals surface area contributed by atoms with E-state index in [1.165, 1.54) is 21.8 Å². The molecule has 2 aromatic rings. The first-order chi connectivity index (χ1) is 23.0. The summed E-state index contributed by atoms with van der Waals surface area (Å²) < 4.78 is 78.0. The molecule has 6 rings (SSSR count). The summed E-state index contributed by atoms with van der Waals surface area (Å²) in [6.07, 6.45) is 2.09. The third kappa shape index (κ3) is 11.5. The van der Waals surface area contributed by atoms with Gasteiger partial charge in [0.25, 0.3) is 0 Å². The Kier molecular flexibility index (Phi) is 16.2. The molecular formula is C34H44B2F8N2O2P2Pt. The standard InChI is InChI=1S/2C17H22NOP.2BF4.Pt/c2*1-11-12(2)16-14(17(19)18(3)4)10-15(11)20(16)13-8-6-5-7-9-13;2*2-1(3,4)5;/h2*5-9,14-16H,10H2,1-4H3;;;/q;;2*-1;+2/t2*14-,15+,16+,20+;;;/m00.../s1. The summed E-state index contributed by atoms with van der Waals surface area (Å²) in [6, 6.07) is 21.7. The zero-order valence-electron chi connectivity index (χ0n) is 29.8. The first-order valence-corrected chi connectivity index (χ1v) is 19.2.